The molecular formula is C22H24N2O5. The number of ether oxygens (including phenoxy) is 1. The minimum atomic E-state index is -0.993. The topological polar surface area (TPSA) is 105 Å². The Kier molecular flexibility index (Phi) is 6.61. The van der Waals surface area contributed by atoms with Gasteiger partial charge in [0.15, 0.2) is 0 Å². The summed E-state index contributed by atoms with van der Waals surface area (Å²) < 4.78 is 5.33. The minimum Gasteiger partial charge on any atom is -0.481 e. The molecule has 1 aliphatic heterocycles. The third-order valence-corrected chi connectivity index (χ3v) is 4.93. The summed E-state index contributed by atoms with van der Waals surface area (Å²) >= 11 is 0. The van der Waals surface area contributed by atoms with Crippen molar-refractivity contribution in [3.05, 3.63) is 71.8 Å². The quantitative estimate of drug-likeness (QED) is 0.635. The number of rotatable bonds is 8. The van der Waals surface area contributed by atoms with E-state index in [-0.39, 0.29) is 31.3 Å². The highest BCUT2D eigenvalue weighted by molar-refractivity contribution is 5.94. The van der Waals surface area contributed by atoms with Gasteiger partial charge in [-0.05, 0) is 24.1 Å². The molecular weight excluding hydrogens is 372 g/mol. The number of carboxylic acid groups (broad SMARTS) is 1. The van der Waals surface area contributed by atoms with E-state index in [0.717, 1.165) is 5.56 Å². The van der Waals surface area contributed by atoms with E-state index in [1.807, 2.05) is 36.4 Å². The third kappa shape index (κ3) is 5.65. The average Bonchev–Trinajstić information content (AvgIpc) is 3.15. The largest absolute Gasteiger partial charge is 0.481 e. The fraction of sp³-hybridized carbons (Fsp3) is 0.318. The summed E-state index contributed by atoms with van der Waals surface area (Å²) in [6.07, 6.45) is 0.229. The van der Waals surface area contributed by atoms with Crippen LogP contribution in [-0.2, 0) is 14.3 Å². The zero-order valence-corrected chi connectivity index (χ0v) is 16.0. The maximum Gasteiger partial charge on any atom is 0.305 e. The Morgan fingerprint density at radius 2 is 1.69 bits per heavy atom. The van der Waals surface area contributed by atoms with Crippen LogP contribution < -0.4 is 10.6 Å². The highest BCUT2D eigenvalue weighted by Gasteiger charge is 2.39. The zero-order valence-electron chi connectivity index (χ0n) is 16.0. The van der Waals surface area contributed by atoms with E-state index in [4.69, 9.17) is 4.74 Å². The van der Waals surface area contributed by atoms with E-state index in [2.05, 4.69) is 10.6 Å². The summed E-state index contributed by atoms with van der Waals surface area (Å²) in [7, 11) is 0. The second-order valence-corrected chi connectivity index (χ2v) is 7.21. The molecule has 1 fully saturated rings. The summed E-state index contributed by atoms with van der Waals surface area (Å²) in [5.74, 6) is -1.61. The summed E-state index contributed by atoms with van der Waals surface area (Å²) in [4.78, 5) is 36.6. The van der Waals surface area contributed by atoms with Crippen LogP contribution in [-0.4, -0.2) is 41.6 Å². The molecule has 0 spiro atoms. The van der Waals surface area contributed by atoms with Crippen molar-refractivity contribution >= 4 is 17.8 Å². The summed E-state index contributed by atoms with van der Waals surface area (Å²) in [5.41, 5.74) is 0.385. The molecule has 2 aromatic carbocycles. The van der Waals surface area contributed by atoms with Crippen molar-refractivity contribution in [3.8, 4) is 0 Å². The molecule has 3 N–H and O–H groups in total. The molecule has 2 amide bonds. The predicted octanol–water partition coefficient (Wildman–Crippen LogP) is 2.30. The van der Waals surface area contributed by atoms with Crippen LogP contribution in [0.2, 0.25) is 0 Å². The second kappa shape index (κ2) is 9.34. The third-order valence-electron chi connectivity index (χ3n) is 4.93. The Hall–Kier alpha value is -3.19. The van der Waals surface area contributed by atoms with Gasteiger partial charge in [0.05, 0.1) is 31.0 Å². The van der Waals surface area contributed by atoms with Gasteiger partial charge in [-0.2, -0.15) is 0 Å². The lowest BCUT2D eigenvalue weighted by Gasteiger charge is -2.28. The molecule has 0 aliphatic carbocycles. The van der Waals surface area contributed by atoms with Gasteiger partial charge in [0.2, 0.25) is 5.91 Å². The van der Waals surface area contributed by atoms with Gasteiger partial charge in [0.25, 0.3) is 5.91 Å². The Labute approximate surface area is 169 Å². The number of carbonyl (C=O) groups is 3. The first-order chi connectivity index (χ1) is 14.0. The summed E-state index contributed by atoms with van der Waals surface area (Å²) in [5, 5.41) is 14.9. The van der Waals surface area contributed by atoms with Crippen molar-refractivity contribution in [2.75, 3.05) is 13.2 Å². The fourth-order valence-corrected chi connectivity index (χ4v) is 3.48. The van der Waals surface area contributed by atoms with Crippen molar-refractivity contribution < 1.29 is 24.2 Å². The predicted molar refractivity (Wildman–Crippen MR) is 106 cm³/mol. The maximum atomic E-state index is 12.8. The van der Waals surface area contributed by atoms with E-state index in [1.165, 1.54) is 0 Å². The standard InChI is InChI=1S/C22H24N2O5/c25-19(24-22(14-20(26)27)11-12-29-15-22)13-18(16-7-3-1-4-8-16)23-21(28)17-9-5-2-6-10-17/h1-10,18H,11-15H2,(H,23,28)(H,24,25)(H,26,27). The molecule has 1 heterocycles. The van der Waals surface area contributed by atoms with Crippen molar-refractivity contribution in [3.63, 3.8) is 0 Å². The van der Waals surface area contributed by atoms with Crippen molar-refractivity contribution in [1.82, 2.24) is 10.6 Å². The molecule has 3 rings (SSSR count). The number of carbonyl (C=O) groups excluding carboxylic acids is 2. The number of hydrogen-bond donors (Lipinski definition) is 3. The number of benzene rings is 2. The molecule has 29 heavy (non-hydrogen) atoms. The molecule has 7 heteroatoms. The van der Waals surface area contributed by atoms with Gasteiger partial charge in [-0.3, -0.25) is 14.4 Å². The Morgan fingerprint density at radius 3 is 2.28 bits per heavy atom. The van der Waals surface area contributed by atoms with Crippen LogP contribution in [0.1, 0.15) is 41.2 Å². The monoisotopic (exact) mass is 396 g/mol. The maximum absolute atomic E-state index is 12.8. The van der Waals surface area contributed by atoms with E-state index in [0.29, 0.717) is 18.6 Å². The molecule has 1 aliphatic rings. The Balaban J connectivity index is 1.73. The van der Waals surface area contributed by atoms with Crippen LogP contribution in [0.25, 0.3) is 0 Å². The number of hydrogen-bond acceptors (Lipinski definition) is 4. The van der Waals surface area contributed by atoms with Crippen molar-refractivity contribution in [2.45, 2.75) is 30.8 Å². The van der Waals surface area contributed by atoms with Crippen LogP contribution in [0.5, 0.6) is 0 Å². The van der Waals surface area contributed by atoms with Crippen LogP contribution in [0, 0.1) is 0 Å². The first-order valence-electron chi connectivity index (χ1n) is 9.49. The Bertz CT molecular complexity index is 848. The van der Waals surface area contributed by atoms with E-state index in [1.54, 1.807) is 24.3 Å². The van der Waals surface area contributed by atoms with Crippen LogP contribution >= 0.6 is 0 Å². The second-order valence-electron chi connectivity index (χ2n) is 7.21. The SMILES string of the molecule is O=C(O)CC1(NC(=O)CC(NC(=O)c2ccccc2)c2ccccc2)CCOC1. The number of amides is 2. The first-order valence-corrected chi connectivity index (χ1v) is 9.49. The molecule has 0 bridgehead atoms. The van der Waals surface area contributed by atoms with Gasteiger partial charge in [0, 0.05) is 12.2 Å². The van der Waals surface area contributed by atoms with E-state index < -0.39 is 17.6 Å². The van der Waals surface area contributed by atoms with E-state index >= 15 is 0 Å². The molecule has 0 aromatic heterocycles. The highest BCUT2D eigenvalue weighted by Crippen LogP contribution is 2.24. The Morgan fingerprint density at radius 1 is 1.03 bits per heavy atom. The van der Waals surface area contributed by atoms with Crippen LogP contribution in [0.4, 0.5) is 0 Å². The van der Waals surface area contributed by atoms with Gasteiger partial charge < -0.3 is 20.5 Å². The molecule has 152 valence electrons. The number of aliphatic carboxylic acids is 1. The minimum absolute atomic E-state index is 0.00996. The number of nitrogens with one attached hydrogen (secondary N) is 2. The normalized spacial score (nSPS) is 19.3. The lowest BCUT2D eigenvalue weighted by atomic mass is 9.93. The zero-order chi connectivity index (χ0) is 20.7. The lowest BCUT2D eigenvalue weighted by Crippen LogP contribution is -2.51. The molecule has 2 aromatic rings. The highest BCUT2D eigenvalue weighted by atomic mass is 16.5. The molecule has 1 saturated heterocycles. The van der Waals surface area contributed by atoms with Gasteiger partial charge >= 0.3 is 5.97 Å². The molecule has 7 nitrogen and oxygen atoms in total. The lowest BCUT2D eigenvalue weighted by molar-refractivity contribution is -0.139. The van der Waals surface area contributed by atoms with Gasteiger partial charge in [0.1, 0.15) is 0 Å². The van der Waals surface area contributed by atoms with Crippen LogP contribution in [0.3, 0.4) is 0 Å². The number of carboxylic acids is 1. The van der Waals surface area contributed by atoms with Crippen molar-refractivity contribution in [1.29, 1.82) is 0 Å². The van der Waals surface area contributed by atoms with Crippen molar-refractivity contribution in [2.24, 2.45) is 0 Å². The smallest absolute Gasteiger partial charge is 0.305 e. The molecule has 0 saturated carbocycles. The van der Waals surface area contributed by atoms with Gasteiger partial charge in [-0.1, -0.05) is 48.5 Å². The van der Waals surface area contributed by atoms with E-state index in [9.17, 15) is 19.5 Å². The molecule has 2 unspecified atom stereocenters. The summed E-state index contributed by atoms with van der Waals surface area (Å²) in [6.45, 7) is 0.567. The van der Waals surface area contributed by atoms with Gasteiger partial charge in [-0.15, -0.1) is 0 Å². The summed E-state index contributed by atoms with van der Waals surface area (Å²) in [6, 6.07) is 17.4. The van der Waals surface area contributed by atoms with Crippen LogP contribution in [0.15, 0.2) is 60.7 Å². The van der Waals surface area contributed by atoms with Gasteiger partial charge in [-0.25, -0.2) is 0 Å². The molecule has 0 radical (unpaired) electrons. The average molecular weight is 396 g/mol. The first kappa shape index (κ1) is 20.5. The molecule has 2 atom stereocenters. The fourth-order valence-electron chi connectivity index (χ4n) is 3.48.